The number of hydrogen-bond donors (Lipinski definition) is 1. The molecule has 6 heteroatoms. The molecule has 0 spiro atoms. The second-order valence-electron chi connectivity index (χ2n) is 2.79. The number of hydroxylamine groups is 2. The summed E-state index contributed by atoms with van der Waals surface area (Å²) in [5.74, 6) is 0. The molecule has 0 heterocycles. The molecule has 0 radical (unpaired) electrons. The zero-order chi connectivity index (χ0) is 12.0. The maximum atomic E-state index is 11.6. The SMILES string of the molecule is CCON(OC)C(=O)Nc1ccc(Cl)cc1. The summed E-state index contributed by atoms with van der Waals surface area (Å²) in [4.78, 5) is 21.2. The minimum Gasteiger partial charge on any atom is -0.304 e. The molecule has 0 atom stereocenters. The van der Waals surface area contributed by atoms with Gasteiger partial charge in [-0.15, -0.1) is 0 Å². The number of rotatable bonds is 4. The molecule has 0 saturated heterocycles. The van der Waals surface area contributed by atoms with E-state index in [4.69, 9.17) is 21.3 Å². The number of anilines is 1. The molecule has 1 aromatic carbocycles. The predicted octanol–water partition coefficient (Wildman–Crippen LogP) is 2.69. The van der Waals surface area contributed by atoms with Crippen molar-refractivity contribution in [2.75, 3.05) is 19.0 Å². The van der Waals surface area contributed by atoms with Crippen molar-refractivity contribution in [2.45, 2.75) is 6.92 Å². The highest BCUT2D eigenvalue weighted by Crippen LogP contribution is 2.13. The number of halogens is 1. The van der Waals surface area contributed by atoms with Gasteiger partial charge in [0, 0.05) is 10.7 Å². The maximum absolute atomic E-state index is 11.6. The average Bonchev–Trinajstić information content (AvgIpc) is 2.29. The topological polar surface area (TPSA) is 50.8 Å². The predicted molar refractivity (Wildman–Crippen MR) is 60.9 cm³/mol. The van der Waals surface area contributed by atoms with Gasteiger partial charge in [-0.2, -0.15) is 0 Å². The van der Waals surface area contributed by atoms with E-state index in [0.29, 0.717) is 17.3 Å². The summed E-state index contributed by atoms with van der Waals surface area (Å²) in [5, 5.41) is 3.96. The molecule has 1 N–H and O–H groups in total. The van der Waals surface area contributed by atoms with Crippen LogP contribution in [0.5, 0.6) is 0 Å². The summed E-state index contributed by atoms with van der Waals surface area (Å²) in [6.07, 6.45) is 0. The zero-order valence-electron chi connectivity index (χ0n) is 9.07. The van der Waals surface area contributed by atoms with E-state index in [1.54, 1.807) is 31.2 Å². The number of urea groups is 1. The molecule has 0 unspecified atom stereocenters. The Kier molecular flexibility index (Phi) is 5.04. The Balaban J connectivity index is 2.59. The summed E-state index contributed by atoms with van der Waals surface area (Å²) in [5.41, 5.74) is 0.608. The molecule has 88 valence electrons. The van der Waals surface area contributed by atoms with Crippen LogP contribution < -0.4 is 5.32 Å². The van der Waals surface area contributed by atoms with Gasteiger partial charge in [0.1, 0.15) is 0 Å². The van der Waals surface area contributed by atoms with E-state index in [2.05, 4.69) is 5.32 Å². The fourth-order valence-corrected chi connectivity index (χ4v) is 1.14. The lowest BCUT2D eigenvalue weighted by Gasteiger charge is -2.17. The minimum absolute atomic E-state index is 0.335. The van der Waals surface area contributed by atoms with Crippen LogP contribution in [0, 0.1) is 0 Å². The highest BCUT2D eigenvalue weighted by Gasteiger charge is 2.13. The second-order valence-corrected chi connectivity index (χ2v) is 3.23. The summed E-state index contributed by atoms with van der Waals surface area (Å²) >= 11 is 5.72. The normalized spacial score (nSPS) is 9.94. The number of carbonyl (C=O) groups excluding carboxylic acids is 1. The van der Waals surface area contributed by atoms with Crippen molar-refractivity contribution >= 4 is 23.3 Å². The van der Waals surface area contributed by atoms with E-state index in [-0.39, 0.29) is 0 Å². The van der Waals surface area contributed by atoms with Crippen molar-refractivity contribution in [2.24, 2.45) is 0 Å². The van der Waals surface area contributed by atoms with Gasteiger partial charge >= 0.3 is 6.03 Å². The molecule has 0 aliphatic rings. The standard InChI is InChI=1S/C10H13ClN2O3/c1-3-16-13(15-2)10(14)12-9-6-4-8(11)5-7-9/h4-7H,3H2,1-2H3,(H,12,14). The van der Waals surface area contributed by atoms with Crippen molar-refractivity contribution in [3.63, 3.8) is 0 Å². The number of hydrogen-bond acceptors (Lipinski definition) is 3. The van der Waals surface area contributed by atoms with Gasteiger partial charge in [0.25, 0.3) is 0 Å². The third-order valence-electron chi connectivity index (χ3n) is 1.67. The fraction of sp³-hybridized carbons (Fsp3) is 0.300. The van der Waals surface area contributed by atoms with Crippen molar-refractivity contribution in [3.8, 4) is 0 Å². The van der Waals surface area contributed by atoms with E-state index in [9.17, 15) is 4.79 Å². The van der Waals surface area contributed by atoms with Crippen LogP contribution >= 0.6 is 11.6 Å². The van der Waals surface area contributed by atoms with Crippen LogP contribution in [0.4, 0.5) is 10.5 Å². The minimum atomic E-state index is -0.508. The number of nitrogens with one attached hydrogen (secondary N) is 1. The highest BCUT2D eigenvalue weighted by molar-refractivity contribution is 6.30. The molecular weight excluding hydrogens is 232 g/mol. The van der Waals surface area contributed by atoms with Gasteiger partial charge in [-0.05, 0) is 31.2 Å². The molecule has 0 saturated carbocycles. The van der Waals surface area contributed by atoms with Crippen LogP contribution in [0.3, 0.4) is 0 Å². The van der Waals surface area contributed by atoms with Crippen molar-refractivity contribution in [3.05, 3.63) is 29.3 Å². The Labute approximate surface area is 98.8 Å². The summed E-state index contributed by atoms with van der Waals surface area (Å²) in [6.45, 7) is 2.09. The van der Waals surface area contributed by atoms with Gasteiger partial charge in [0.05, 0.1) is 13.7 Å². The summed E-state index contributed by atoms with van der Waals surface area (Å²) < 4.78 is 0. The quantitative estimate of drug-likeness (QED) is 0.829. The molecule has 0 aliphatic heterocycles. The zero-order valence-corrected chi connectivity index (χ0v) is 9.82. The van der Waals surface area contributed by atoms with Gasteiger partial charge in [-0.3, -0.25) is 0 Å². The van der Waals surface area contributed by atoms with Crippen LogP contribution in [-0.4, -0.2) is 25.0 Å². The van der Waals surface area contributed by atoms with Gasteiger partial charge in [-0.25, -0.2) is 14.5 Å². The Bertz CT molecular complexity index is 342. The largest absolute Gasteiger partial charge is 0.371 e. The van der Waals surface area contributed by atoms with Crippen LogP contribution in [0.1, 0.15) is 6.92 Å². The molecule has 2 amide bonds. The molecular formula is C10H13ClN2O3. The number of benzene rings is 1. The van der Waals surface area contributed by atoms with E-state index in [1.165, 1.54) is 7.11 Å². The van der Waals surface area contributed by atoms with Crippen LogP contribution in [0.15, 0.2) is 24.3 Å². The van der Waals surface area contributed by atoms with Gasteiger partial charge in [0.2, 0.25) is 0 Å². The third kappa shape index (κ3) is 3.69. The van der Waals surface area contributed by atoms with E-state index >= 15 is 0 Å². The molecule has 5 nitrogen and oxygen atoms in total. The first kappa shape index (κ1) is 12.8. The molecule has 1 rings (SSSR count). The number of carbonyl (C=O) groups is 1. The second kappa shape index (κ2) is 6.32. The first-order chi connectivity index (χ1) is 7.67. The monoisotopic (exact) mass is 244 g/mol. The maximum Gasteiger partial charge on any atom is 0.371 e. The third-order valence-corrected chi connectivity index (χ3v) is 1.93. The lowest BCUT2D eigenvalue weighted by atomic mass is 10.3. The van der Waals surface area contributed by atoms with Crippen LogP contribution in [-0.2, 0) is 9.68 Å². The van der Waals surface area contributed by atoms with Gasteiger partial charge < -0.3 is 5.32 Å². The van der Waals surface area contributed by atoms with Crippen LogP contribution in [0.25, 0.3) is 0 Å². The molecule has 0 aromatic heterocycles. The van der Waals surface area contributed by atoms with Crippen LogP contribution in [0.2, 0.25) is 5.02 Å². The molecule has 1 aromatic rings. The number of amides is 2. The lowest BCUT2D eigenvalue weighted by Crippen LogP contribution is -2.34. The van der Waals surface area contributed by atoms with Gasteiger partial charge in [-0.1, -0.05) is 16.8 Å². The highest BCUT2D eigenvalue weighted by atomic mass is 35.5. The van der Waals surface area contributed by atoms with Gasteiger partial charge in [0.15, 0.2) is 0 Å². The molecule has 0 fully saturated rings. The Morgan fingerprint density at radius 1 is 1.44 bits per heavy atom. The van der Waals surface area contributed by atoms with Crippen molar-refractivity contribution in [1.29, 1.82) is 0 Å². The Morgan fingerprint density at radius 3 is 2.56 bits per heavy atom. The van der Waals surface area contributed by atoms with E-state index in [0.717, 1.165) is 5.23 Å². The summed E-state index contributed by atoms with van der Waals surface area (Å²) in [6, 6.07) is 6.20. The first-order valence-electron chi connectivity index (χ1n) is 4.71. The van der Waals surface area contributed by atoms with E-state index < -0.39 is 6.03 Å². The van der Waals surface area contributed by atoms with E-state index in [1.807, 2.05) is 0 Å². The smallest absolute Gasteiger partial charge is 0.304 e. The lowest BCUT2D eigenvalue weighted by molar-refractivity contribution is -0.308. The van der Waals surface area contributed by atoms with Crippen molar-refractivity contribution in [1.82, 2.24) is 5.23 Å². The molecule has 16 heavy (non-hydrogen) atoms. The number of nitrogens with zero attached hydrogens (tertiary/aromatic N) is 1. The first-order valence-corrected chi connectivity index (χ1v) is 5.09. The van der Waals surface area contributed by atoms with Crippen molar-refractivity contribution < 1.29 is 14.5 Å². The molecule has 0 bridgehead atoms. The fourth-order valence-electron chi connectivity index (χ4n) is 1.01. The Morgan fingerprint density at radius 2 is 2.06 bits per heavy atom. The Hall–Kier alpha value is -1.30. The molecule has 0 aliphatic carbocycles. The summed E-state index contributed by atoms with van der Waals surface area (Å²) in [7, 11) is 1.34. The average molecular weight is 245 g/mol.